The van der Waals surface area contributed by atoms with Gasteiger partial charge in [-0.25, -0.2) is 0 Å². The monoisotopic (exact) mass is 358 g/mol. The molecule has 0 saturated heterocycles. The van der Waals surface area contributed by atoms with Gasteiger partial charge in [0.2, 0.25) is 0 Å². The Balaban J connectivity index is 1.53. The molecule has 0 heterocycles. The maximum Gasteiger partial charge on any atom is 0.119 e. The molecule has 0 N–H and O–H groups in total. The molecule has 0 spiro atoms. The molecule has 0 aliphatic heterocycles. The zero-order valence-corrected chi connectivity index (χ0v) is 15.8. The van der Waals surface area contributed by atoms with Gasteiger partial charge in [0.25, 0.3) is 0 Å². The van der Waals surface area contributed by atoms with Crippen molar-refractivity contribution < 1.29 is 4.74 Å². The van der Waals surface area contributed by atoms with Gasteiger partial charge >= 0.3 is 0 Å². The predicted octanol–water partition coefficient (Wildman–Crippen LogP) is 7.73. The lowest BCUT2D eigenvalue weighted by atomic mass is 10.1. The molecule has 0 atom stereocenters. The van der Waals surface area contributed by atoms with Gasteiger partial charge in [-0.1, -0.05) is 68.7 Å². The van der Waals surface area contributed by atoms with Crippen LogP contribution in [0.25, 0.3) is 11.1 Å². The maximum absolute atomic E-state index is 5.75. The van der Waals surface area contributed by atoms with Crippen LogP contribution in [-0.4, -0.2) is 6.61 Å². The second-order valence-electron chi connectivity index (χ2n) is 6.52. The van der Waals surface area contributed by atoms with Gasteiger partial charge in [0, 0.05) is 0 Å². The minimum atomic E-state index is 0.772. The van der Waals surface area contributed by atoms with Crippen LogP contribution in [-0.2, 0) is 0 Å². The van der Waals surface area contributed by atoms with Crippen LogP contribution >= 0.6 is 0 Å². The highest BCUT2D eigenvalue weighted by Crippen LogP contribution is 2.25. The van der Waals surface area contributed by atoms with Crippen LogP contribution in [0.3, 0.4) is 0 Å². The van der Waals surface area contributed by atoms with Crippen LogP contribution in [0, 0.1) is 0 Å². The fraction of sp³-hybridized carbons (Fsp3) is 0.250. The van der Waals surface area contributed by atoms with Crippen molar-refractivity contribution in [3.63, 3.8) is 0 Å². The molecule has 0 unspecified atom stereocenters. The Kier molecular flexibility index (Phi) is 7.16. The molecule has 0 saturated carbocycles. The van der Waals surface area contributed by atoms with Gasteiger partial charge < -0.3 is 4.74 Å². The molecular formula is C24H26N2O. The van der Waals surface area contributed by atoms with Crippen LogP contribution in [0.5, 0.6) is 5.75 Å². The fourth-order valence-electron chi connectivity index (χ4n) is 2.79. The number of rotatable bonds is 9. The van der Waals surface area contributed by atoms with Crippen LogP contribution in [0.4, 0.5) is 11.4 Å². The molecule has 0 fully saturated rings. The molecule has 0 bridgehead atoms. The number of benzene rings is 3. The van der Waals surface area contributed by atoms with Crippen LogP contribution in [0.2, 0.25) is 0 Å². The summed E-state index contributed by atoms with van der Waals surface area (Å²) in [6, 6.07) is 26.2. The van der Waals surface area contributed by atoms with Crippen LogP contribution in [0.1, 0.15) is 32.6 Å². The second-order valence-corrected chi connectivity index (χ2v) is 6.52. The van der Waals surface area contributed by atoms with Crippen molar-refractivity contribution in [1.29, 1.82) is 0 Å². The first-order chi connectivity index (χ1) is 13.3. The van der Waals surface area contributed by atoms with E-state index in [-0.39, 0.29) is 0 Å². The quantitative estimate of drug-likeness (QED) is 0.284. The average molecular weight is 358 g/mol. The van der Waals surface area contributed by atoms with Gasteiger partial charge in [-0.15, -0.1) is 0 Å². The number of ether oxygens (including phenoxy) is 1. The Morgan fingerprint density at radius 2 is 1.22 bits per heavy atom. The molecule has 3 rings (SSSR count). The van der Waals surface area contributed by atoms with Gasteiger partial charge in [0.05, 0.1) is 18.0 Å². The van der Waals surface area contributed by atoms with E-state index in [9.17, 15) is 0 Å². The Hall–Kier alpha value is -2.94. The largest absolute Gasteiger partial charge is 0.494 e. The second kappa shape index (κ2) is 10.3. The standard InChI is InChI=1S/C24H26N2O/c1-2-3-4-8-19-27-24-17-15-23(16-18-24)26-25-22-13-11-21(12-14-22)20-9-6-5-7-10-20/h5-7,9-18H,2-4,8,19H2,1H3. The van der Waals surface area contributed by atoms with Crippen molar-refractivity contribution in [2.75, 3.05) is 6.61 Å². The van der Waals surface area contributed by atoms with Crippen LogP contribution < -0.4 is 4.74 Å². The molecule has 0 amide bonds. The van der Waals surface area contributed by atoms with E-state index in [4.69, 9.17) is 4.74 Å². The Labute approximate surface area is 161 Å². The number of unbranched alkanes of at least 4 members (excludes halogenated alkanes) is 3. The topological polar surface area (TPSA) is 34.0 Å². The highest BCUT2D eigenvalue weighted by atomic mass is 16.5. The molecule has 3 aromatic rings. The van der Waals surface area contributed by atoms with E-state index in [1.807, 2.05) is 54.6 Å². The van der Waals surface area contributed by atoms with E-state index < -0.39 is 0 Å². The summed E-state index contributed by atoms with van der Waals surface area (Å²) in [6.45, 7) is 2.99. The summed E-state index contributed by atoms with van der Waals surface area (Å²) in [5.41, 5.74) is 4.03. The number of hydrogen-bond donors (Lipinski definition) is 0. The fourth-order valence-corrected chi connectivity index (χ4v) is 2.79. The van der Waals surface area contributed by atoms with Crippen molar-refractivity contribution in [1.82, 2.24) is 0 Å². The van der Waals surface area contributed by atoms with Crippen molar-refractivity contribution in [2.45, 2.75) is 32.6 Å². The zero-order chi connectivity index (χ0) is 18.7. The summed E-state index contributed by atoms with van der Waals surface area (Å²) in [5, 5.41) is 8.63. The first-order valence-corrected chi connectivity index (χ1v) is 9.65. The third-order valence-electron chi connectivity index (χ3n) is 4.36. The van der Waals surface area contributed by atoms with E-state index in [0.29, 0.717) is 0 Å². The number of nitrogens with zero attached hydrogens (tertiary/aromatic N) is 2. The molecule has 3 heteroatoms. The number of hydrogen-bond acceptors (Lipinski definition) is 3. The maximum atomic E-state index is 5.75. The van der Waals surface area contributed by atoms with Crippen molar-refractivity contribution in [3.05, 3.63) is 78.9 Å². The summed E-state index contributed by atoms with van der Waals surface area (Å²) >= 11 is 0. The molecule has 0 radical (unpaired) electrons. The van der Waals surface area contributed by atoms with Gasteiger partial charge in [-0.2, -0.15) is 10.2 Å². The number of azo groups is 1. The van der Waals surface area contributed by atoms with Gasteiger partial charge in [-0.05, 0) is 53.9 Å². The SMILES string of the molecule is CCCCCCOc1ccc(N=Nc2ccc(-c3ccccc3)cc2)cc1. The van der Waals surface area contributed by atoms with Crippen molar-refractivity contribution in [3.8, 4) is 16.9 Å². The van der Waals surface area contributed by atoms with E-state index in [2.05, 4.69) is 41.4 Å². The lowest BCUT2D eigenvalue weighted by molar-refractivity contribution is 0.305. The minimum Gasteiger partial charge on any atom is -0.494 e. The van der Waals surface area contributed by atoms with Crippen molar-refractivity contribution >= 4 is 11.4 Å². The Bertz CT molecular complexity index is 825. The molecular weight excluding hydrogens is 332 g/mol. The predicted molar refractivity (Wildman–Crippen MR) is 112 cm³/mol. The molecule has 27 heavy (non-hydrogen) atoms. The molecule has 0 aliphatic rings. The van der Waals surface area contributed by atoms with Crippen molar-refractivity contribution in [2.24, 2.45) is 10.2 Å². The van der Waals surface area contributed by atoms with Gasteiger partial charge in [0.1, 0.15) is 5.75 Å². The Morgan fingerprint density at radius 3 is 1.85 bits per heavy atom. The summed E-state index contributed by atoms with van der Waals surface area (Å²) < 4.78 is 5.75. The van der Waals surface area contributed by atoms with Crippen LogP contribution in [0.15, 0.2) is 89.1 Å². The third-order valence-corrected chi connectivity index (χ3v) is 4.36. The summed E-state index contributed by atoms with van der Waals surface area (Å²) in [7, 11) is 0. The Morgan fingerprint density at radius 1 is 0.630 bits per heavy atom. The molecule has 0 aromatic heterocycles. The average Bonchev–Trinajstić information content (AvgIpc) is 2.74. The van der Waals surface area contributed by atoms with E-state index >= 15 is 0 Å². The normalized spacial score (nSPS) is 11.0. The highest BCUT2D eigenvalue weighted by Gasteiger charge is 1.98. The van der Waals surface area contributed by atoms with E-state index in [1.165, 1.54) is 30.4 Å². The lowest BCUT2D eigenvalue weighted by Crippen LogP contribution is -1.96. The molecule has 3 nitrogen and oxygen atoms in total. The third kappa shape index (κ3) is 6.07. The minimum absolute atomic E-state index is 0.772. The van der Waals surface area contributed by atoms with E-state index in [1.54, 1.807) is 0 Å². The zero-order valence-electron chi connectivity index (χ0n) is 15.8. The smallest absolute Gasteiger partial charge is 0.119 e. The lowest BCUT2D eigenvalue weighted by Gasteiger charge is -2.05. The molecule has 3 aromatic carbocycles. The first kappa shape index (κ1) is 18.8. The molecule has 0 aliphatic carbocycles. The first-order valence-electron chi connectivity index (χ1n) is 9.65. The highest BCUT2D eigenvalue weighted by molar-refractivity contribution is 5.65. The summed E-state index contributed by atoms with van der Waals surface area (Å²) in [4.78, 5) is 0. The molecule has 138 valence electrons. The van der Waals surface area contributed by atoms with Gasteiger partial charge in [0.15, 0.2) is 0 Å². The summed E-state index contributed by atoms with van der Waals surface area (Å²) in [6.07, 6.45) is 4.85. The van der Waals surface area contributed by atoms with E-state index in [0.717, 1.165) is 30.2 Å². The summed E-state index contributed by atoms with van der Waals surface area (Å²) in [5.74, 6) is 0.887. The van der Waals surface area contributed by atoms with Gasteiger partial charge in [-0.3, -0.25) is 0 Å².